The third-order valence-corrected chi connectivity index (χ3v) is 3.45. The number of hydrogen-bond donors (Lipinski definition) is 1. The van der Waals surface area contributed by atoms with Crippen LogP contribution in [0.3, 0.4) is 0 Å². The quantitative estimate of drug-likeness (QED) is 0.786. The molecule has 2 aromatic rings. The minimum absolute atomic E-state index is 0.726. The largest absolute Gasteiger partial charge is 0.337 e. The molecule has 2 nitrogen and oxygen atoms in total. The van der Waals surface area contributed by atoms with Gasteiger partial charge in [0.15, 0.2) is 4.77 Å². The van der Waals surface area contributed by atoms with Gasteiger partial charge in [-0.05, 0) is 23.7 Å². The summed E-state index contributed by atoms with van der Waals surface area (Å²) in [5.41, 5.74) is 0. The number of hydrogen-bond acceptors (Lipinski definition) is 2. The standard InChI is InChI=1S/C8H7ClN2S2/c9-6-1-4-13-7(6)5-11-3-2-10-8(11)12/h1-4H,5H2,(H,10,12). The lowest BCUT2D eigenvalue weighted by Gasteiger charge is -1.99. The highest BCUT2D eigenvalue weighted by Crippen LogP contribution is 2.22. The molecular weight excluding hydrogens is 224 g/mol. The molecule has 0 aromatic carbocycles. The monoisotopic (exact) mass is 230 g/mol. The number of nitrogens with zero attached hydrogens (tertiary/aromatic N) is 1. The molecule has 0 bridgehead atoms. The van der Waals surface area contributed by atoms with Crippen LogP contribution in [0.4, 0.5) is 0 Å². The minimum Gasteiger partial charge on any atom is -0.337 e. The van der Waals surface area contributed by atoms with Crippen molar-refractivity contribution in [3.05, 3.63) is 38.5 Å². The molecule has 0 aliphatic heterocycles. The summed E-state index contributed by atoms with van der Waals surface area (Å²) < 4.78 is 2.68. The van der Waals surface area contributed by atoms with Crippen LogP contribution in [0.1, 0.15) is 4.88 Å². The second-order valence-corrected chi connectivity index (χ2v) is 4.38. The number of imidazole rings is 1. The summed E-state index contributed by atoms with van der Waals surface area (Å²) >= 11 is 12.7. The van der Waals surface area contributed by atoms with Gasteiger partial charge in [0.1, 0.15) is 0 Å². The minimum atomic E-state index is 0.726. The lowest BCUT2D eigenvalue weighted by Crippen LogP contribution is -1.95. The molecule has 0 atom stereocenters. The Hall–Kier alpha value is -0.580. The Balaban J connectivity index is 2.29. The van der Waals surface area contributed by atoms with Crippen LogP contribution >= 0.6 is 35.2 Å². The van der Waals surface area contributed by atoms with Crippen LogP contribution in [0.15, 0.2) is 23.8 Å². The molecule has 2 aromatic heterocycles. The van der Waals surface area contributed by atoms with Crippen molar-refractivity contribution in [1.82, 2.24) is 9.55 Å². The first-order chi connectivity index (χ1) is 6.27. The summed E-state index contributed by atoms with van der Waals surface area (Å²) in [7, 11) is 0. The van der Waals surface area contributed by atoms with Crippen molar-refractivity contribution in [2.24, 2.45) is 0 Å². The second-order valence-electron chi connectivity index (χ2n) is 2.58. The van der Waals surface area contributed by atoms with Gasteiger partial charge >= 0.3 is 0 Å². The maximum absolute atomic E-state index is 5.96. The summed E-state index contributed by atoms with van der Waals surface area (Å²) in [5.74, 6) is 0. The molecule has 0 spiro atoms. The number of halogens is 1. The van der Waals surface area contributed by atoms with Crippen molar-refractivity contribution in [1.29, 1.82) is 0 Å². The lowest BCUT2D eigenvalue weighted by atomic mass is 10.4. The molecule has 0 aliphatic carbocycles. The zero-order valence-corrected chi connectivity index (χ0v) is 9.05. The average Bonchev–Trinajstić information content (AvgIpc) is 2.65. The summed E-state index contributed by atoms with van der Waals surface area (Å²) in [5, 5.41) is 2.79. The third kappa shape index (κ3) is 1.85. The Labute approximate surface area is 89.8 Å². The van der Waals surface area contributed by atoms with E-state index in [2.05, 4.69) is 4.98 Å². The van der Waals surface area contributed by atoms with Crippen LogP contribution in [0.2, 0.25) is 5.02 Å². The predicted molar refractivity (Wildman–Crippen MR) is 58.0 cm³/mol. The van der Waals surface area contributed by atoms with E-state index in [1.165, 1.54) is 0 Å². The van der Waals surface area contributed by atoms with Crippen LogP contribution in [0, 0.1) is 4.77 Å². The van der Waals surface area contributed by atoms with E-state index in [4.69, 9.17) is 23.8 Å². The van der Waals surface area contributed by atoms with Crippen LogP contribution in [-0.2, 0) is 6.54 Å². The molecule has 0 fully saturated rings. The highest BCUT2D eigenvalue weighted by Gasteiger charge is 2.02. The number of rotatable bonds is 2. The van der Waals surface area contributed by atoms with Crippen molar-refractivity contribution in [3.63, 3.8) is 0 Å². The number of nitrogens with one attached hydrogen (secondary N) is 1. The fourth-order valence-electron chi connectivity index (χ4n) is 1.07. The maximum atomic E-state index is 5.96. The van der Waals surface area contributed by atoms with Gasteiger partial charge in [0, 0.05) is 17.3 Å². The van der Waals surface area contributed by atoms with Gasteiger partial charge in [-0.25, -0.2) is 0 Å². The predicted octanol–water partition coefficient (Wildman–Crippen LogP) is 3.31. The van der Waals surface area contributed by atoms with Gasteiger partial charge in [0.05, 0.1) is 11.6 Å². The number of H-pyrrole nitrogens is 1. The zero-order valence-electron chi connectivity index (χ0n) is 6.66. The first kappa shape index (κ1) is 8.99. The molecule has 2 rings (SSSR count). The van der Waals surface area contributed by atoms with Crippen LogP contribution < -0.4 is 0 Å². The van der Waals surface area contributed by atoms with E-state index in [9.17, 15) is 0 Å². The fourth-order valence-corrected chi connectivity index (χ4v) is 2.35. The summed E-state index contributed by atoms with van der Waals surface area (Å²) in [6.45, 7) is 0.749. The van der Waals surface area contributed by atoms with E-state index in [-0.39, 0.29) is 0 Å². The van der Waals surface area contributed by atoms with Gasteiger partial charge < -0.3 is 9.55 Å². The highest BCUT2D eigenvalue weighted by atomic mass is 35.5. The lowest BCUT2D eigenvalue weighted by molar-refractivity contribution is 0.796. The zero-order chi connectivity index (χ0) is 9.26. The molecule has 0 unspecified atom stereocenters. The van der Waals surface area contributed by atoms with Gasteiger partial charge in [-0.2, -0.15) is 0 Å². The second kappa shape index (κ2) is 3.65. The smallest absolute Gasteiger partial charge is 0.177 e. The SMILES string of the molecule is S=c1[nH]ccn1Cc1sccc1Cl. The van der Waals surface area contributed by atoms with Gasteiger partial charge in [-0.3, -0.25) is 0 Å². The van der Waals surface area contributed by atoms with Crippen molar-refractivity contribution >= 4 is 35.2 Å². The normalized spacial score (nSPS) is 10.5. The number of thiophene rings is 1. The van der Waals surface area contributed by atoms with Crippen LogP contribution in [0.25, 0.3) is 0 Å². The molecule has 0 amide bonds. The number of aromatic nitrogens is 2. The first-order valence-electron chi connectivity index (χ1n) is 3.73. The van der Waals surface area contributed by atoms with E-state index in [0.717, 1.165) is 21.2 Å². The highest BCUT2D eigenvalue weighted by molar-refractivity contribution is 7.71. The van der Waals surface area contributed by atoms with Gasteiger partial charge in [0.25, 0.3) is 0 Å². The molecule has 2 heterocycles. The maximum Gasteiger partial charge on any atom is 0.177 e. The molecule has 0 aliphatic rings. The van der Waals surface area contributed by atoms with Gasteiger partial charge in [0.2, 0.25) is 0 Å². The van der Waals surface area contributed by atoms with Crippen molar-refractivity contribution < 1.29 is 0 Å². The first-order valence-corrected chi connectivity index (χ1v) is 5.39. The van der Waals surface area contributed by atoms with Crippen molar-refractivity contribution in [2.45, 2.75) is 6.54 Å². The van der Waals surface area contributed by atoms with Crippen LogP contribution in [0.5, 0.6) is 0 Å². The van der Waals surface area contributed by atoms with E-state index in [1.54, 1.807) is 11.3 Å². The molecule has 5 heteroatoms. The van der Waals surface area contributed by atoms with E-state index in [0.29, 0.717) is 0 Å². The summed E-state index contributed by atoms with van der Waals surface area (Å²) in [6.07, 6.45) is 3.74. The van der Waals surface area contributed by atoms with Crippen LogP contribution in [-0.4, -0.2) is 9.55 Å². The average molecular weight is 231 g/mol. The fraction of sp³-hybridized carbons (Fsp3) is 0.125. The molecule has 1 N–H and O–H groups in total. The van der Waals surface area contributed by atoms with Crippen molar-refractivity contribution in [2.75, 3.05) is 0 Å². The van der Waals surface area contributed by atoms with E-state index >= 15 is 0 Å². The Morgan fingerprint density at radius 1 is 1.62 bits per heavy atom. The van der Waals surface area contributed by atoms with Gasteiger partial charge in [-0.1, -0.05) is 11.6 Å². The Kier molecular flexibility index (Phi) is 2.53. The Morgan fingerprint density at radius 2 is 2.46 bits per heavy atom. The van der Waals surface area contributed by atoms with Gasteiger partial charge in [-0.15, -0.1) is 11.3 Å². The van der Waals surface area contributed by atoms with E-state index in [1.807, 2.05) is 28.4 Å². The molecule has 0 saturated carbocycles. The van der Waals surface area contributed by atoms with E-state index < -0.39 is 0 Å². The Morgan fingerprint density at radius 3 is 3.00 bits per heavy atom. The number of aromatic amines is 1. The molecule has 13 heavy (non-hydrogen) atoms. The Bertz CT molecular complexity index is 454. The topological polar surface area (TPSA) is 20.7 Å². The van der Waals surface area contributed by atoms with Crippen molar-refractivity contribution in [3.8, 4) is 0 Å². The third-order valence-electron chi connectivity index (χ3n) is 1.73. The summed E-state index contributed by atoms with van der Waals surface area (Å²) in [6, 6.07) is 1.90. The molecule has 0 radical (unpaired) electrons. The molecular formula is C8H7ClN2S2. The summed E-state index contributed by atoms with van der Waals surface area (Å²) in [4.78, 5) is 4.08. The molecule has 68 valence electrons. The molecule has 0 saturated heterocycles.